The van der Waals surface area contributed by atoms with Crippen LogP contribution in [0.3, 0.4) is 0 Å². The number of hydrogen-bond donors (Lipinski definition) is 1. The Kier molecular flexibility index (Phi) is 3.09. The zero-order chi connectivity index (χ0) is 12.7. The van der Waals surface area contributed by atoms with E-state index in [1.54, 1.807) is 11.3 Å². The molecule has 0 aliphatic rings. The van der Waals surface area contributed by atoms with Crippen molar-refractivity contribution in [2.75, 3.05) is 19.0 Å². The van der Waals surface area contributed by atoms with Gasteiger partial charge in [0.25, 0.3) is 0 Å². The predicted molar refractivity (Wildman–Crippen MR) is 73.3 cm³/mol. The maximum absolute atomic E-state index is 11.2. The number of carbonyl (C=O) groups is 1. The summed E-state index contributed by atoms with van der Waals surface area (Å²) in [5.74, 6) is -0.953. The maximum atomic E-state index is 11.2. The van der Waals surface area contributed by atoms with Gasteiger partial charge in [0.1, 0.15) is 5.56 Å². The molecular formula is C11H11BrN2O2S. The number of halogens is 1. The predicted octanol–water partition coefficient (Wildman–Crippen LogP) is 3.13. The molecule has 6 heteroatoms. The third kappa shape index (κ3) is 1.91. The third-order valence-corrected chi connectivity index (χ3v) is 4.79. The number of nitrogens with zero attached hydrogens (tertiary/aromatic N) is 2. The summed E-state index contributed by atoms with van der Waals surface area (Å²) in [5, 5.41) is 9.18. The van der Waals surface area contributed by atoms with Gasteiger partial charge < -0.3 is 10.0 Å². The van der Waals surface area contributed by atoms with Crippen LogP contribution in [0, 0.1) is 6.92 Å². The highest BCUT2D eigenvalue weighted by atomic mass is 79.9. The summed E-state index contributed by atoms with van der Waals surface area (Å²) < 4.78 is 1.84. The molecule has 0 aliphatic carbocycles. The molecule has 1 N–H and O–H groups in total. The van der Waals surface area contributed by atoms with E-state index in [9.17, 15) is 9.90 Å². The van der Waals surface area contributed by atoms with Crippen molar-refractivity contribution >= 4 is 49.1 Å². The number of hydrogen-bond acceptors (Lipinski definition) is 4. The van der Waals surface area contributed by atoms with Gasteiger partial charge in [-0.05, 0) is 22.9 Å². The number of pyridine rings is 1. The Morgan fingerprint density at radius 2 is 2.18 bits per heavy atom. The number of anilines is 1. The summed E-state index contributed by atoms with van der Waals surface area (Å²) in [6, 6.07) is 0. The van der Waals surface area contributed by atoms with Gasteiger partial charge in [-0.15, -0.1) is 11.3 Å². The van der Waals surface area contributed by atoms with Crippen molar-refractivity contribution < 1.29 is 9.90 Å². The van der Waals surface area contributed by atoms with Crippen LogP contribution in [0.1, 0.15) is 15.2 Å². The minimum absolute atomic E-state index is 0.233. The molecule has 0 aliphatic heterocycles. The molecule has 0 aromatic carbocycles. The minimum Gasteiger partial charge on any atom is -0.478 e. The lowest BCUT2D eigenvalue weighted by Gasteiger charge is -2.15. The molecule has 4 nitrogen and oxygen atoms in total. The molecule has 0 fully saturated rings. The van der Waals surface area contributed by atoms with Gasteiger partial charge in [0.15, 0.2) is 0 Å². The highest BCUT2D eigenvalue weighted by Crippen LogP contribution is 2.40. The first-order valence-corrected chi connectivity index (χ1v) is 6.52. The van der Waals surface area contributed by atoms with Gasteiger partial charge in [-0.25, -0.2) is 4.79 Å². The van der Waals surface area contributed by atoms with Crippen molar-refractivity contribution in [3.63, 3.8) is 0 Å². The second kappa shape index (κ2) is 4.27. The summed E-state index contributed by atoms with van der Waals surface area (Å²) in [6.45, 7) is 1.98. The van der Waals surface area contributed by atoms with Crippen LogP contribution >= 0.6 is 27.3 Å². The molecular weight excluding hydrogens is 304 g/mol. The van der Waals surface area contributed by atoms with Gasteiger partial charge in [-0.3, -0.25) is 4.98 Å². The summed E-state index contributed by atoms with van der Waals surface area (Å²) in [6.07, 6.45) is 1.41. The van der Waals surface area contributed by atoms with E-state index in [4.69, 9.17) is 0 Å². The summed E-state index contributed by atoms with van der Waals surface area (Å²) in [4.78, 5) is 18.3. The molecule has 90 valence electrons. The number of aryl methyl sites for hydroxylation is 1. The number of thiophene rings is 1. The van der Waals surface area contributed by atoms with Crippen LogP contribution in [0.25, 0.3) is 10.2 Å². The number of carboxylic acids is 1. The maximum Gasteiger partial charge on any atom is 0.339 e. The van der Waals surface area contributed by atoms with Crippen LogP contribution in [0.4, 0.5) is 5.69 Å². The van der Waals surface area contributed by atoms with E-state index in [2.05, 4.69) is 20.9 Å². The van der Waals surface area contributed by atoms with Crippen molar-refractivity contribution in [3.05, 3.63) is 21.1 Å². The topological polar surface area (TPSA) is 53.4 Å². The molecule has 0 amide bonds. The van der Waals surface area contributed by atoms with E-state index in [-0.39, 0.29) is 5.56 Å². The molecule has 2 heterocycles. The van der Waals surface area contributed by atoms with Crippen LogP contribution in [0.2, 0.25) is 0 Å². The molecule has 2 aromatic heterocycles. The van der Waals surface area contributed by atoms with Gasteiger partial charge in [0, 0.05) is 25.2 Å². The number of aromatic carboxylic acids is 1. The Hall–Kier alpha value is -1.14. The second-order valence-corrected chi connectivity index (χ2v) is 5.89. The smallest absolute Gasteiger partial charge is 0.339 e. The quantitative estimate of drug-likeness (QED) is 0.925. The van der Waals surface area contributed by atoms with Gasteiger partial charge in [0.2, 0.25) is 0 Å². The van der Waals surface area contributed by atoms with Crippen molar-refractivity contribution in [2.24, 2.45) is 0 Å². The van der Waals surface area contributed by atoms with E-state index >= 15 is 0 Å². The first-order valence-electron chi connectivity index (χ1n) is 4.91. The zero-order valence-corrected chi connectivity index (χ0v) is 12.0. The van der Waals surface area contributed by atoms with Crippen molar-refractivity contribution in [2.45, 2.75) is 6.92 Å². The highest BCUT2D eigenvalue weighted by molar-refractivity contribution is 9.10. The van der Waals surface area contributed by atoms with Crippen LogP contribution in [0.15, 0.2) is 10.7 Å². The van der Waals surface area contributed by atoms with Gasteiger partial charge in [-0.2, -0.15) is 0 Å². The van der Waals surface area contributed by atoms with E-state index in [0.717, 1.165) is 19.6 Å². The second-order valence-electron chi connectivity index (χ2n) is 3.87. The number of carboxylic acid groups (broad SMARTS) is 1. The van der Waals surface area contributed by atoms with Crippen molar-refractivity contribution in [1.82, 2.24) is 4.98 Å². The van der Waals surface area contributed by atoms with Crippen molar-refractivity contribution in [3.8, 4) is 0 Å². The van der Waals surface area contributed by atoms with E-state index in [0.29, 0.717) is 5.69 Å². The standard InChI is InChI=1S/C11H11BrN2O2S/c1-5-7(12)8-10(17-5)9(14(2)3)6(4-13-8)11(15)16/h4H,1-3H3,(H,15,16). The molecule has 2 aromatic rings. The highest BCUT2D eigenvalue weighted by Gasteiger charge is 2.20. The molecule has 0 unspecified atom stereocenters. The SMILES string of the molecule is Cc1sc2c(N(C)C)c(C(=O)O)cnc2c1Br. The van der Waals surface area contributed by atoms with Gasteiger partial charge in [0.05, 0.1) is 20.4 Å². The Bertz CT molecular complexity index is 607. The fraction of sp³-hybridized carbons (Fsp3) is 0.273. The molecule has 0 saturated heterocycles. The normalized spacial score (nSPS) is 10.8. The fourth-order valence-electron chi connectivity index (χ4n) is 1.70. The Balaban J connectivity index is 2.89. The van der Waals surface area contributed by atoms with Crippen LogP contribution in [0.5, 0.6) is 0 Å². The summed E-state index contributed by atoms with van der Waals surface area (Å²) in [7, 11) is 3.67. The number of aromatic nitrogens is 1. The van der Waals surface area contributed by atoms with Gasteiger partial charge in [-0.1, -0.05) is 0 Å². The molecule has 2 rings (SSSR count). The Labute approximate surface area is 111 Å². The zero-order valence-electron chi connectivity index (χ0n) is 9.61. The van der Waals surface area contributed by atoms with Crippen molar-refractivity contribution in [1.29, 1.82) is 0 Å². The monoisotopic (exact) mass is 314 g/mol. The lowest BCUT2D eigenvalue weighted by molar-refractivity contribution is 0.0697. The van der Waals surface area contributed by atoms with E-state index < -0.39 is 5.97 Å². The minimum atomic E-state index is -0.953. The largest absolute Gasteiger partial charge is 0.478 e. The lowest BCUT2D eigenvalue weighted by atomic mass is 10.2. The molecule has 0 saturated carbocycles. The van der Waals surface area contributed by atoms with Crippen LogP contribution in [-0.2, 0) is 0 Å². The Morgan fingerprint density at radius 3 is 2.71 bits per heavy atom. The molecule has 0 atom stereocenters. The lowest BCUT2D eigenvalue weighted by Crippen LogP contribution is -2.14. The average molecular weight is 315 g/mol. The third-order valence-electron chi connectivity index (χ3n) is 2.46. The van der Waals surface area contributed by atoms with E-state index in [1.165, 1.54) is 6.20 Å². The first kappa shape index (κ1) is 12.3. The molecule has 0 radical (unpaired) electrons. The number of rotatable bonds is 2. The van der Waals surface area contributed by atoms with Crippen LogP contribution < -0.4 is 4.90 Å². The first-order chi connectivity index (χ1) is 7.93. The van der Waals surface area contributed by atoms with E-state index in [1.807, 2.05) is 25.9 Å². The number of fused-ring (bicyclic) bond motifs is 1. The molecule has 0 spiro atoms. The molecule has 17 heavy (non-hydrogen) atoms. The fourth-order valence-corrected chi connectivity index (χ4v) is 3.51. The molecule has 0 bridgehead atoms. The average Bonchev–Trinajstić information content (AvgIpc) is 2.53. The van der Waals surface area contributed by atoms with Crippen LogP contribution in [-0.4, -0.2) is 30.2 Å². The van der Waals surface area contributed by atoms with Gasteiger partial charge >= 0.3 is 5.97 Å². The Morgan fingerprint density at radius 1 is 1.53 bits per heavy atom. The summed E-state index contributed by atoms with van der Waals surface area (Å²) >= 11 is 5.03. The summed E-state index contributed by atoms with van der Waals surface area (Å²) in [5.41, 5.74) is 1.76.